The van der Waals surface area contributed by atoms with Gasteiger partial charge in [0.25, 0.3) is 5.91 Å². The number of anilines is 1. The summed E-state index contributed by atoms with van der Waals surface area (Å²) < 4.78 is 31.1. The lowest BCUT2D eigenvalue weighted by Crippen LogP contribution is -2.23. The van der Waals surface area contributed by atoms with E-state index in [1.54, 1.807) is 28.9 Å². The third-order valence-corrected chi connectivity index (χ3v) is 7.30. The first kappa shape index (κ1) is 21.4. The highest BCUT2D eigenvalue weighted by Gasteiger charge is 2.31. The van der Waals surface area contributed by atoms with E-state index >= 15 is 0 Å². The van der Waals surface area contributed by atoms with Crippen molar-refractivity contribution in [2.75, 3.05) is 23.4 Å². The molecule has 0 saturated carbocycles. The summed E-state index contributed by atoms with van der Waals surface area (Å²) in [5.74, 6) is 0.741. The maximum atomic E-state index is 12.6. The van der Waals surface area contributed by atoms with E-state index in [-0.39, 0.29) is 30.1 Å². The lowest BCUT2D eigenvalue weighted by Gasteiger charge is -2.14. The highest BCUT2D eigenvalue weighted by Crippen LogP contribution is 2.30. The minimum atomic E-state index is -3.11. The molecule has 31 heavy (non-hydrogen) atoms. The van der Waals surface area contributed by atoms with E-state index in [0.717, 1.165) is 11.1 Å². The summed E-state index contributed by atoms with van der Waals surface area (Å²) in [5, 5.41) is 8.05. The highest BCUT2D eigenvalue weighted by molar-refractivity contribution is 7.91. The molecule has 1 aliphatic heterocycles. The molecule has 0 bridgehead atoms. The number of sulfone groups is 1. The first-order valence-corrected chi connectivity index (χ1v) is 12.0. The maximum Gasteiger partial charge on any atom is 0.263 e. The molecule has 1 saturated heterocycles. The molecule has 1 fully saturated rings. The SMILES string of the molecule is Cc1cc(OCC(=O)Nc2cc(-c3ccccc3)nn2[C@H]2CCS(=O)(=O)C2)ccc1Cl. The number of hydrogen-bond acceptors (Lipinski definition) is 5. The van der Waals surface area contributed by atoms with Crippen LogP contribution in [0.1, 0.15) is 18.0 Å². The van der Waals surface area contributed by atoms with E-state index in [1.165, 1.54) is 0 Å². The molecule has 1 amide bonds. The monoisotopic (exact) mass is 459 g/mol. The molecule has 0 radical (unpaired) electrons. The normalized spacial score (nSPS) is 17.4. The van der Waals surface area contributed by atoms with Crippen molar-refractivity contribution in [3.05, 3.63) is 65.2 Å². The van der Waals surface area contributed by atoms with Crippen molar-refractivity contribution in [1.29, 1.82) is 0 Å². The topological polar surface area (TPSA) is 90.3 Å². The predicted molar refractivity (Wildman–Crippen MR) is 120 cm³/mol. The molecule has 3 aromatic rings. The number of aryl methyl sites for hydroxylation is 1. The van der Waals surface area contributed by atoms with Crippen LogP contribution in [0, 0.1) is 6.92 Å². The first-order valence-electron chi connectivity index (χ1n) is 9.85. The number of halogens is 1. The van der Waals surface area contributed by atoms with Crippen molar-refractivity contribution in [3.63, 3.8) is 0 Å². The predicted octanol–water partition coefficient (Wildman–Crippen LogP) is 3.89. The summed E-state index contributed by atoms with van der Waals surface area (Å²) in [4.78, 5) is 12.6. The van der Waals surface area contributed by atoms with E-state index in [4.69, 9.17) is 16.3 Å². The average molecular weight is 460 g/mol. The van der Waals surface area contributed by atoms with Crippen molar-refractivity contribution >= 4 is 33.2 Å². The van der Waals surface area contributed by atoms with E-state index in [9.17, 15) is 13.2 Å². The van der Waals surface area contributed by atoms with Gasteiger partial charge in [0.05, 0.1) is 23.2 Å². The first-order chi connectivity index (χ1) is 14.8. The Labute approximate surface area is 185 Å². The third-order valence-electron chi connectivity index (χ3n) is 5.13. The Balaban J connectivity index is 1.53. The van der Waals surface area contributed by atoms with Crippen LogP contribution >= 0.6 is 11.6 Å². The zero-order chi connectivity index (χ0) is 22.0. The van der Waals surface area contributed by atoms with Crippen LogP contribution in [-0.2, 0) is 14.6 Å². The Morgan fingerprint density at radius 3 is 2.68 bits per heavy atom. The zero-order valence-electron chi connectivity index (χ0n) is 16.9. The van der Waals surface area contributed by atoms with Gasteiger partial charge < -0.3 is 10.1 Å². The standard InChI is InChI=1S/C22H22ClN3O4S/c1-15-11-18(7-8-19(15)23)30-13-22(27)24-21-12-20(16-5-3-2-4-6-16)25-26(21)17-9-10-31(28,29)14-17/h2-8,11-12,17H,9-10,13-14H2,1H3,(H,24,27)/t17-/m0/s1. The highest BCUT2D eigenvalue weighted by atomic mass is 35.5. The second-order valence-corrected chi connectivity index (χ2v) is 10.2. The number of carbonyl (C=O) groups excluding carboxylic acids is 1. The van der Waals surface area contributed by atoms with E-state index in [2.05, 4.69) is 10.4 Å². The maximum absolute atomic E-state index is 12.6. The summed E-state index contributed by atoms with van der Waals surface area (Å²) in [6.07, 6.45) is 0.460. The van der Waals surface area contributed by atoms with Crippen LogP contribution in [0.3, 0.4) is 0 Å². The molecule has 2 aromatic carbocycles. The van der Waals surface area contributed by atoms with Gasteiger partial charge in [-0.1, -0.05) is 41.9 Å². The lowest BCUT2D eigenvalue weighted by atomic mass is 10.1. The molecule has 9 heteroatoms. The molecule has 2 heterocycles. The zero-order valence-corrected chi connectivity index (χ0v) is 18.5. The van der Waals surface area contributed by atoms with Crippen LogP contribution in [0.2, 0.25) is 5.02 Å². The van der Waals surface area contributed by atoms with Crippen molar-refractivity contribution in [2.45, 2.75) is 19.4 Å². The second-order valence-electron chi connectivity index (χ2n) is 7.53. The van der Waals surface area contributed by atoms with E-state index in [1.807, 2.05) is 37.3 Å². The molecule has 0 aliphatic carbocycles. The quantitative estimate of drug-likeness (QED) is 0.604. The summed E-state index contributed by atoms with van der Waals surface area (Å²) in [5.41, 5.74) is 2.40. The van der Waals surface area contributed by atoms with Gasteiger partial charge in [-0.3, -0.25) is 4.79 Å². The van der Waals surface area contributed by atoms with Gasteiger partial charge in [-0.05, 0) is 37.1 Å². The fourth-order valence-electron chi connectivity index (χ4n) is 3.52. The van der Waals surface area contributed by atoms with Crippen molar-refractivity contribution < 1.29 is 17.9 Å². The Hall–Kier alpha value is -2.84. The molecule has 0 spiro atoms. The summed E-state index contributed by atoms with van der Waals surface area (Å²) in [6.45, 7) is 1.66. The molecule has 1 N–H and O–H groups in total. The number of amides is 1. The Morgan fingerprint density at radius 1 is 1.23 bits per heavy atom. The van der Waals surface area contributed by atoms with Gasteiger partial charge in [-0.2, -0.15) is 5.10 Å². The van der Waals surface area contributed by atoms with Crippen LogP contribution in [-0.4, -0.2) is 42.2 Å². The van der Waals surface area contributed by atoms with Gasteiger partial charge >= 0.3 is 0 Å². The number of rotatable bonds is 6. The minimum Gasteiger partial charge on any atom is -0.484 e. The Kier molecular flexibility index (Phi) is 6.02. The van der Waals surface area contributed by atoms with Crippen LogP contribution in [0.5, 0.6) is 5.75 Å². The summed E-state index contributed by atoms with van der Waals surface area (Å²) >= 11 is 6.02. The van der Waals surface area contributed by atoms with Gasteiger partial charge in [0.1, 0.15) is 11.6 Å². The molecular formula is C22H22ClN3O4S. The minimum absolute atomic E-state index is 0.00628. The Morgan fingerprint density at radius 2 is 2.00 bits per heavy atom. The lowest BCUT2D eigenvalue weighted by molar-refractivity contribution is -0.118. The largest absolute Gasteiger partial charge is 0.484 e. The molecule has 1 aliphatic rings. The van der Waals surface area contributed by atoms with Gasteiger partial charge in [-0.15, -0.1) is 0 Å². The van der Waals surface area contributed by atoms with Crippen molar-refractivity contribution in [3.8, 4) is 17.0 Å². The number of aromatic nitrogens is 2. The molecule has 0 unspecified atom stereocenters. The smallest absolute Gasteiger partial charge is 0.263 e. The number of hydrogen-bond donors (Lipinski definition) is 1. The number of benzene rings is 2. The van der Waals surface area contributed by atoms with Crippen molar-refractivity contribution in [1.82, 2.24) is 9.78 Å². The Bertz CT molecular complexity index is 1210. The molecular weight excluding hydrogens is 438 g/mol. The summed E-state index contributed by atoms with van der Waals surface area (Å²) in [6, 6.07) is 16.1. The van der Waals surface area contributed by atoms with Gasteiger partial charge in [-0.25, -0.2) is 13.1 Å². The molecule has 1 aromatic heterocycles. The van der Waals surface area contributed by atoms with Gasteiger partial charge in [0, 0.05) is 16.7 Å². The number of nitrogens with one attached hydrogen (secondary N) is 1. The van der Waals surface area contributed by atoms with Crippen LogP contribution < -0.4 is 10.1 Å². The van der Waals surface area contributed by atoms with Gasteiger partial charge in [0.15, 0.2) is 16.4 Å². The van der Waals surface area contributed by atoms with Gasteiger partial charge in [0.2, 0.25) is 0 Å². The molecule has 1 atom stereocenters. The fourth-order valence-corrected chi connectivity index (χ4v) is 5.33. The van der Waals surface area contributed by atoms with Crippen LogP contribution in [0.4, 0.5) is 5.82 Å². The fraction of sp³-hybridized carbons (Fsp3) is 0.273. The third kappa shape index (κ3) is 5.08. The molecule has 162 valence electrons. The van der Waals surface area contributed by atoms with Crippen molar-refractivity contribution in [2.24, 2.45) is 0 Å². The van der Waals surface area contributed by atoms with E-state index < -0.39 is 9.84 Å². The average Bonchev–Trinajstić information content (AvgIpc) is 3.32. The number of carbonyl (C=O) groups is 1. The van der Waals surface area contributed by atoms with Crippen LogP contribution in [0.15, 0.2) is 54.6 Å². The second kappa shape index (κ2) is 8.72. The molecule has 7 nitrogen and oxygen atoms in total. The molecule has 4 rings (SSSR count). The number of ether oxygens (including phenoxy) is 1. The van der Waals surface area contributed by atoms with Crippen LogP contribution in [0.25, 0.3) is 11.3 Å². The van der Waals surface area contributed by atoms with E-state index in [0.29, 0.717) is 28.7 Å². The summed E-state index contributed by atoms with van der Waals surface area (Å²) in [7, 11) is -3.11. The number of nitrogens with zero attached hydrogens (tertiary/aromatic N) is 2.